The van der Waals surface area contributed by atoms with Crippen molar-refractivity contribution >= 4 is 29.4 Å². The van der Waals surface area contributed by atoms with Gasteiger partial charge in [-0.25, -0.2) is 4.98 Å². The largest absolute Gasteiger partial charge is 0.274 e. The molecule has 0 amide bonds. The van der Waals surface area contributed by atoms with Gasteiger partial charge in [0.25, 0.3) is 0 Å². The standard InChI is InChI=1S/C14H15ClN4OS/c1-10-13(17-14(21-2)19-18-10)7-8-16-20-9-11-3-5-12(15)6-4-11/h3-8,16H,9H2,1-2H3. The highest BCUT2D eigenvalue weighted by atomic mass is 35.5. The maximum absolute atomic E-state index is 5.82. The lowest BCUT2D eigenvalue weighted by Crippen LogP contribution is -2.06. The summed E-state index contributed by atoms with van der Waals surface area (Å²) in [5.41, 5.74) is 5.31. The first kappa shape index (κ1) is 15.8. The fraction of sp³-hybridized carbons (Fsp3) is 0.214. The topological polar surface area (TPSA) is 59.9 Å². The summed E-state index contributed by atoms with van der Waals surface area (Å²) in [6.07, 6.45) is 5.38. The molecule has 1 aromatic heterocycles. The summed E-state index contributed by atoms with van der Waals surface area (Å²) in [7, 11) is 0. The summed E-state index contributed by atoms with van der Waals surface area (Å²) in [5.74, 6) is 0. The molecule has 0 unspecified atom stereocenters. The number of thioether (sulfide) groups is 1. The number of hydrogen-bond acceptors (Lipinski definition) is 6. The number of nitrogens with zero attached hydrogens (tertiary/aromatic N) is 3. The Morgan fingerprint density at radius 2 is 2.05 bits per heavy atom. The number of halogens is 1. The van der Waals surface area contributed by atoms with E-state index in [2.05, 4.69) is 20.7 Å². The molecule has 0 saturated heterocycles. The first-order valence-corrected chi connectivity index (χ1v) is 7.83. The highest BCUT2D eigenvalue weighted by molar-refractivity contribution is 7.98. The van der Waals surface area contributed by atoms with Gasteiger partial charge < -0.3 is 0 Å². The van der Waals surface area contributed by atoms with Crippen LogP contribution < -0.4 is 5.48 Å². The van der Waals surface area contributed by atoms with Gasteiger partial charge in [-0.05, 0) is 37.0 Å². The van der Waals surface area contributed by atoms with Crippen molar-refractivity contribution in [3.05, 3.63) is 52.4 Å². The zero-order chi connectivity index (χ0) is 15.1. The van der Waals surface area contributed by atoms with Gasteiger partial charge in [0.15, 0.2) is 0 Å². The van der Waals surface area contributed by atoms with Crippen molar-refractivity contribution in [1.82, 2.24) is 20.7 Å². The van der Waals surface area contributed by atoms with Crippen LogP contribution in [0, 0.1) is 6.92 Å². The first-order valence-electron chi connectivity index (χ1n) is 6.22. The van der Waals surface area contributed by atoms with E-state index in [1.54, 1.807) is 12.3 Å². The summed E-state index contributed by atoms with van der Waals surface area (Å²) in [4.78, 5) is 9.68. The van der Waals surface area contributed by atoms with E-state index in [0.717, 1.165) is 17.0 Å². The molecule has 5 nitrogen and oxygen atoms in total. The zero-order valence-electron chi connectivity index (χ0n) is 11.7. The summed E-state index contributed by atoms with van der Waals surface area (Å²) < 4.78 is 0. The molecule has 110 valence electrons. The molecule has 7 heteroatoms. The molecule has 1 heterocycles. The molecular weight excluding hydrogens is 308 g/mol. The summed E-state index contributed by atoms with van der Waals surface area (Å²) in [6, 6.07) is 7.49. The van der Waals surface area contributed by atoms with Crippen LogP contribution in [0.5, 0.6) is 0 Å². The Morgan fingerprint density at radius 1 is 1.29 bits per heavy atom. The monoisotopic (exact) mass is 322 g/mol. The Balaban J connectivity index is 1.84. The Bertz CT molecular complexity index is 619. The molecule has 0 radical (unpaired) electrons. The maximum atomic E-state index is 5.82. The summed E-state index contributed by atoms with van der Waals surface area (Å²) in [5, 5.41) is 9.35. The van der Waals surface area contributed by atoms with Crippen molar-refractivity contribution in [3.8, 4) is 0 Å². The van der Waals surface area contributed by atoms with E-state index >= 15 is 0 Å². The zero-order valence-corrected chi connectivity index (χ0v) is 13.3. The van der Waals surface area contributed by atoms with Gasteiger partial charge in [-0.15, -0.1) is 5.10 Å². The highest BCUT2D eigenvalue weighted by Crippen LogP contribution is 2.11. The average Bonchev–Trinajstić information content (AvgIpc) is 2.50. The molecule has 2 aromatic rings. The Labute approximate surface area is 132 Å². The minimum atomic E-state index is 0.443. The van der Waals surface area contributed by atoms with E-state index in [-0.39, 0.29) is 0 Å². The smallest absolute Gasteiger partial charge is 0.209 e. The SMILES string of the molecule is CSc1nnc(C)c(C=CNOCc2ccc(Cl)cc2)n1. The molecule has 1 aromatic carbocycles. The number of hydrogen-bond donors (Lipinski definition) is 1. The molecule has 0 atom stereocenters. The number of nitrogens with one attached hydrogen (secondary N) is 1. The normalized spacial score (nSPS) is 11.0. The maximum Gasteiger partial charge on any atom is 0.209 e. The van der Waals surface area contributed by atoms with E-state index in [1.165, 1.54) is 11.8 Å². The van der Waals surface area contributed by atoms with Crippen molar-refractivity contribution in [2.75, 3.05) is 6.26 Å². The van der Waals surface area contributed by atoms with Crippen molar-refractivity contribution in [2.45, 2.75) is 18.7 Å². The van der Waals surface area contributed by atoms with Gasteiger partial charge in [0.1, 0.15) is 0 Å². The lowest BCUT2D eigenvalue weighted by Gasteiger charge is -2.03. The van der Waals surface area contributed by atoms with E-state index in [0.29, 0.717) is 16.8 Å². The van der Waals surface area contributed by atoms with Gasteiger partial charge in [0.2, 0.25) is 5.16 Å². The minimum absolute atomic E-state index is 0.443. The third-order valence-corrected chi connectivity index (χ3v) is 3.39. The van der Waals surface area contributed by atoms with Crippen LogP contribution in [0.2, 0.25) is 5.02 Å². The number of hydroxylamine groups is 1. The van der Waals surface area contributed by atoms with Gasteiger partial charge in [-0.3, -0.25) is 10.3 Å². The Kier molecular flexibility index (Phi) is 5.98. The van der Waals surface area contributed by atoms with Crippen LogP contribution >= 0.6 is 23.4 Å². The lowest BCUT2D eigenvalue weighted by atomic mass is 10.2. The summed E-state index contributed by atoms with van der Waals surface area (Å²) in [6.45, 7) is 2.30. The molecule has 0 aliphatic rings. The van der Waals surface area contributed by atoms with Gasteiger partial charge in [-0.2, -0.15) is 5.10 Å². The highest BCUT2D eigenvalue weighted by Gasteiger charge is 2.01. The quantitative estimate of drug-likeness (QED) is 0.500. The third-order valence-electron chi connectivity index (χ3n) is 2.60. The van der Waals surface area contributed by atoms with Gasteiger partial charge >= 0.3 is 0 Å². The second kappa shape index (κ2) is 7.97. The molecule has 0 saturated carbocycles. The molecular formula is C14H15ClN4OS. The van der Waals surface area contributed by atoms with E-state index in [4.69, 9.17) is 16.4 Å². The predicted molar refractivity (Wildman–Crippen MR) is 84.8 cm³/mol. The number of aromatic nitrogens is 3. The van der Waals surface area contributed by atoms with Crippen LogP contribution in [0.4, 0.5) is 0 Å². The molecule has 2 rings (SSSR count). The van der Waals surface area contributed by atoms with Crippen molar-refractivity contribution < 1.29 is 4.84 Å². The number of rotatable bonds is 6. The Morgan fingerprint density at radius 3 is 2.76 bits per heavy atom. The van der Waals surface area contributed by atoms with Crippen LogP contribution in [0.3, 0.4) is 0 Å². The third kappa shape index (κ3) is 5.00. The molecule has 0 aliphatic carbocycles. The van der Waals surface area contributed by atoms with Crippen LogP contribution in [0.15, 0.2) is 35.6 Å². The van der Waals surface area contributed by atoms with Crippen molar-refractivity contribution in [2.24, 2.45) is 0 Å². The van der Waals surface area contributed by atoms with Crippen molar-refractivity contribution in [1.29, 1.82) is 0 Å². The Hall–Kier alpha value is -1.63. The molecule has 0 aliphatic heterocycles. The first-order chi connectivity index (χ1) is 10.2. The van der Waals surface area contributed by atoms with Crippen LogP contribution in [-0.2, 0) is 11.4 Å². The fourth-order valence-electron chi connectivity index (χ4n) is 1.49. The summed E-state index contributed by atoms with van der Waals surface area (Å²) >= 11 is 7.27. The van der Waals surface area contributed by atoms with Crippen LogP contribution in [0.1, 0.15) is 17.0 Å². The van der Waals surface area contributed by atoms with E-state index < -0.39 is 0 Å². The van der Waals surface area contributed by atoms with Gasteiger partial charge in [0.05, 0.1) is 18.0 Å². The average molecular weight is 323 g/mol. The molecule has 1 N–H and O–H groups in total. The molecule has 0 spiro atoms. The van der Waals surface area contributed by atoms with Gasteiger partial charge in [0, 0.05) is 11.2 Å². The van der Waals surface area contributed by atoms with Crippen LogP contribution in [-0.4, -0.2) is 21.4 Å². The lowest BCUT2D eigenvalue weighted by molar-refractivity contribution is 0.0581. The minimum Gasteiger partial charge on any atom is -0.274 e. The second-order valence-corrected chi connectivity index (χ2v) is 5.35. The van der Waals surface area contributed by atoms with Crippen LogP contribution in [0.25, 0.3) is 6.08 Å². The second-order valence-electron chi connectivity index (χ2n) is 4.14. The predicted octanol–water partition coefficient (Wildman–Crippen LogP) is 3.25. The van der Waals surface area contributed by atoms with Gasteiger partial charge in [-0.1, -0.05) is 35.5 Å². The number of benzene rings is 1. The molecule has 21 heavy (non-hydrogen) atoms. The fourth-order valence-corrected chi connectivity index (χ4v) is 1.92. The molecule has 0 fully saturated rings. The number of aryl methyl sites for hydroxylation is 1. The molecule has 0 bridgehead atoms. The van der Waals surface area contributed by atoms with E-state index in [9.17, 15) is 0 Å². The van der Waals surface area contributed by atoms with E-state index in [1.807, 2.05) is 37.4 Å². The van der Waals surface area contributed by atoms with Crippen molar-refractivity contribution in [3.63, 3.8) is 0 Å².